The van der Waals surface area contributed by atoms with Crippen LogP contribution >= 0.6 is 0 Å². The first kappa shape index (κ1) is 14.3. The molecule has 0 spiro atoms. The minimum absolute atomic E-state index is 0.00744. The first-order valence-electron chi connectivity index (χ1n) is 5.79. The summed E-state index contributed by atoms with van der Waals surface area (Å²) < 4.78 is 51.8. The molecule has 2 nitrogen and oxygen atoms in total. The summed E-state index contributed by atoms with van der Waals surface area (Å²) in [5, 5.41) is 12.4. The molecular weight excluding hydrogens is 274 g/mol. The molecule has 0 saturated carbocycles. The Morgan fingerprint density at radius 1 is 0.900 bits per heavy atom. The van der Waals surface area contributed by atoms with Crippen LogP contribution in [0.1, 0.15) is 11.7 Å². The summed E-state index contributed by atoms with van der Waals surface area (Å²) in [4.78, 5) is 0. The minimum Gasteiger partial charge on any atom is -0.387 e. The zero-order chi connectivity index (χ0) is 14.7. The van der Waals surface area contributed by atoms with Gasteiger partial charge in [0.05, 0.1) is 11.8 Å². The monoisotopic (exact) mass is 285 g/mol. The molecule has 0 heterocycles. The van der Waals surface area contributed by atoms with Crippen LogP contribution in [0.25, 0.3) is 0 Å². The zero-order valence-corrected chi connectivity index (χ0v) is 10.2. The van der Waals surface area contributed by atoms with Gasteiger partial charge in [0.25, 0.3) is 0 Å². The van der Waals surface area contributed by atoms with Gasteiger partial charge < -0.3 is 10.4 Å². The second kappa shape index (κ2) is 5.92. The van der Waals surface area contributed by atoms with Gasteiger partial charge >= 0.3 is 0 Å². The van der Waals surface area contributed by atoms with Gasteiger partial charge in [-0.15, -0.1) is 0 Å². The van der Waals surface area contributed by atoms with E-state index < -0.39 is 29.4 Å². The lowest BCUT2D eigenvalue weighted by Crippen LogP contribution is -2.13. The van der Waals surface area contributed by atoms with E-state index in [2.05, 4.69) is 5.32 Å². The molecule has 0 aliphatic carbocycles. The Hall–Kier alpha value is -2.08. The summed E-state index contributed by atoms with van der Waals surface area (Å²) in [6, 6.07) is 5.94. The molecule has 2 aromatic carbocycles. The molecular formula is C14H11F4NO. The van der Waals surface area contributed by atoms with Crippen LogP contribution in [0.4, 0.5) is 23.2 Å². The summed E-state index contributed by atoms with van der Waals surface area (Å²) >= 11 is 0. The second-order valence-electron chi connectivity index (χ2n) is 4.19. The predicted octanol–water partition coefficient (Wildman–Crippen LogP) is 3.39. The molecule has 2 N–H and O–H groups in total. The van der Waals surface area contributed by atoms with Gasteiger partial charge in [-0.1, -0.05) is 6.07 Å². The first-order chi connectivity index (χ1) is 9.47. The molecule has 0 bridgehead atoms. The van der Waals surface area contributed by atoms with Crippen molar-refractivity contribution in [2.45, 2.75) is 6.10 Å². The van der Waals surface area contributed by atoms with Crippen molar-refractivity contribution in [1.29, 1.82) is 0 Å². The van der Waals surface area contributed by atoms with Crippen molar-refractivity contribution in [3.8, 4) is 0 Å². The molecule has 106 valence electrons. The molecule has 20 heavy (non-hydrogen) atoms. The molecule has 0 amide bonds. The SMILES string of the molecule is OC(CNc1ccc(F)cc1F)c1ccc(F)c(F)c1. The number of hydrogen-bond acceptors (Lipinski definition) is 2. The molecule has 1 atom stereocenters. The van der Waals surface area contributed by atoms with Crippen LogP contribution in [-0.2, 0) is 0 Å². The molecule has 2 aromatic rings. The lowest BCUT2D eigenvalue weighted by Gasteiger charge is -2.14. The first-order valence-corrected chi connectivity index (χ1v) is 5.79. The smallest absolute Gasteiger partial charge is 0.159 e. The van der Waals surface area contributed by atoms with Gasteiger partial charge in [0, 0.05) is 12.6 Å². The number of benzene rings is 2. The lowest BCUT2D eigenvalue weighted by molar-refractivity contribution is 0.191. The molecule has 0 aromatic heterocycles. The largest absolute Gasteiger partial charge is 0.387 e. The molecule has 0 aliphatic heterocycles. The van der Waals surface area contributed by atoms with Crippen molar-refractivity contribution >= 4 is 5.69 Å². The Morgan fingerprint density at radius 3 is 2.30 bits per heavy atom. The van der Waals surface area contributed by atoms with Gasteiger partial charge in [0.15, 0.2) is 11.6 Å². The predicted molar refractivity (Wildman–Crippen MR) is 66.2 cm³/mol. The average molecular weight is 285 g/mol. The van der Waals surface area contributed by atoms with Crippen molar-refractivity contribution in [2.75, 3.05) is 11.9 Å². The van der Waals surface area contributed by atoms with Crippen molar-refractivity contribution in [2.24, 2.45) is 0 Å². The Bertz CT molecular complexity index is 618. The van der Waals surface area contributed by atoms with E-state index in [0.717, 1.165) is 18.2 Å². The molecule has 0 saturated heterocycles. The van der Waals surface area contributed by atoms with Gasteiger partial charge in [-0.3, -0.25) is 0 Å². The summed E-state index contributed by atoms with van der Waals surface area (Å²) in [5.74, 6) is -3.61. The van der Waals surface area contributed by atoms with Gasteiger partial charge in [-0.2, -0.15) is 0 Å². The summed E-state index contributed by atoms with van der Waals surface area (Å²) in [6.45, 7) is -0.131. The van der Waals surface area contributed by atoms with Gasteiger partial charge in [-0.25, -0.2) is 17.6 Å². The Kier molecular flexibility index (Phi) is 4.24. The fourth-order valence-corrected chi connectivity index (χ4v) is 1.68. The van der Waals surface area contributed by atoms with E-state index in [4.69, 9.17) is 0 Å². The van der Waals surface area contributed by atoms with E-state index in [-0.39, 0.29) is 17.8 Å². The van der Waals surface area contributed by atoms with Crippen molar-refractivity contribution in [1.82, 2.24) is 0 Å². The third kappa shape index (κ3) is 3.27. The number of aliphatic hydroxyl groups is 1. The van der Waals surface area contributed by atoms with Crippen molar-refractivity contribution < 1.29 is 22.7 Å². The van der Waals surface area contributed by atoms with Crippen LogP contribution in [0.5, 0.6) is 0 Å². The summed E-state index contributed by atoms with van der Waals surface area (Å²) in [5.41, 5.74) is 0.159. The summed E-state index contributed by atoms with van der Waals surface area (Å²) in [6.07, 6.45) is -1.16. The van der Waals surface area contributed by atoms with E-state index in [1.807, 2.05) is 0 Å². The van der Waals surface area contributed by atoms with E-state index in [1.165, 1.54) is 12.1 Å². The Labute approximate surface area is 112 Å². The Balaban J connectivity index is 2.04. The molecule has 6 heteroatoms. The lowest BCUT2D eigenvalue weighted by atomic mass is 10.1. The van der Waals surface area contributed by atoms with Crippen LogP contribution in [0.15, 0.2) is 36.4 Å². The number of hydrogen-bond donors (Lipinski definition) is 2. The van der Waals surface area contributed by atoms with Crippen LogP contribution in [0.3, 0.4) is 0 Å². The molecule has 1 unspecified atom stereocenters. The highest BCUT2D eigenvalue weighted by Gasteiger charge is 2.12. The maximum Gasteiger partial charge on any atom is 0.159 e. The third-order valence-corrected chi connectivity index (χ3v) is 2.75. The van der Waals surface area contributed by atoms with Gasteiger partial charge in [0.1, 0.15) is 11.6 Å². The number of halogens is 4. The highest BCUT2D eigenvalue weighted by atomic mass is 19.2. The molecule has 0 fully saturated rings. The standard InChI is InChI=1S/C14H11F4NO/c15-9-2-4-13(12(18)6-9)19-7-14(20)8-1-3-10(16)11(17)5-8/h1-6,14,19-20H,7H2. The minimum atomic E-state index is -1.16. The number of anilines is 1. The quantitative estimate of drug-likeness (QED) is 0.844. The normalized spacial score (nSPS) is 12.2. The highest BCUT2D eigenvalue weighted by molar-refractivity contribution is 5.45. The van der Waals surface area contributed by atoms with Gasteiger partial charge in [0.2, 0.25) is 0 Å². The number of nitrogens with one attached hydrogen (secondary N) is 1. The molecule has 2 rings (SSSR count). The molecule has 0 aliphatic rings. The van der Waals surface area contributed by atoms with Crippen LogP contribution in [0, 0.1) is 23.3 Å². The number of rotatable bonds is 4. The van der Waals surface area contributed by atoms with Crippen molar-refractivity contribution in [3.05, 3.63) is 65.2 Å². The second-order valence-corrected chi connectivity index (χ2v) is 4.19. The average Bonchev–Trinajstić information content (AvgIpc) is 2.40. The van der Waals surface area contributed by atoms with E-state index in [1.54, 1.807) is 0 Å². The van der Waals surface area contributed by atoms with E-state index in [9.17, 15) is 22.7 Å². The topological polar surface area (TPSA) is 32.3 Å². The summed E-state index contributed by atoms with van der Waals surface area (Å²) in [7, 11) is 0. The third-order valence-electron chi connectivity index (χ3n) is 2.75. The fraction of sp³-hybridized carbons (Fsp3) is 0.143. The van der Waals surface area contributed by atoms with Crippen molar-refractivity contribution in [3.63, 3.8) is 0 Å². The maximum atomic E-state index is 13.3. The van der Waals surface area contributed by atoms with Crippen LogP contribution in [-0.4, -0.2) is 11.7 Å². The van der Waals surface area contributed by atoms with Crippen LogP contribution in [0.2, 0.25) is 0 Å². The fourth-order valence-electron chi connectivity index (χ4n) is 1.68. The maximum absolute atomic E-state index is 13.3. The van der Waals surface area contributed by atoms with Crippen LogP contribution < -0.4 is 5.32 Å². The van der Waals surface area contributed by atoms with E-state index >= 15 is 0 Å². The highest BCUT2D eigenvalue weighted by Crippen LogP contribution is 2.19. The zero-order valence-electron chi connectivity index (χ0n) is 10.2. The molecule has 0 radical (unpaired) electrons. The Morgan fingerprint density at radius 2 is 1.65 bits per heavy atom. The number of aliphatic hydroxyl groups excluding tert-OH is 1. The van der Waals surface area contributed by atoms with Gasteiger partial charge in [-0.05, 0) is 29.8 Å². The van der Waals surface area contributed by atoms with E-state index in [0.29, 0.717) is 6.07 Å².